The van der Waals surface area contributed by atoms with Gasteiger partial charge in [-0.2, -0.15) is 0 Å². The number of amides is 2. The van der Waals surface area contributed by atoms with Crippen LogP contribution in [0.25, 0.3) is 0 Å². The molecule has 2 aromatic carbocycles. The number of thioether (sulfide) groups is 2. The first-order valence-electron chi connectivity index (χ1n) is 8.81. The first-order valence-corrected chi connectivity index (χ1v) is 10.9. The van der Waals surface area contributed by atoms with Crippen LogP contribution >= 0.6 is 23.5 Å². The van der Waals surface area contributed by atoms with Gasteiger partial charge >= 0.3 is 0 Å². The van der Waals surface area contributed by atoms with Gasteiger partial charge in [0.15, 0.2) is 6.61 Å². The summed E-state index contributed by atoms with van der Waals surface area (Å²) < 4.78 is 11.1. The quantitative estimate of drug-likeness (QED) is 0.674. The van der Waals surface area contributed by atoms with Gasteiger partial charge < -0.3 is 9.47 Å². The van der Waals surface area contributed by atoms with Gasteiger partial charge in [0.2, 0.25) is 5.91 Å². The van der Waals surface area contributed by atoms with Crippen LogP contribution in [0.5, 0.6) is 11.5 Å². The summed E-state index contributed by atoms with van der Waals surface area (Å²) in [7, 11) is 1.59. The molecule has 3 rings (SSSR count). The Morgan fingerprint density at radius 3 is 2.39 bits per heavy atom. The van der Waals surface area contributed by atoms with E-state index >= 15 is 0 Å². The smallest absolute Gasteiger partial charge is 0.276 e. The highest BCUT2D eigenvalue weighted by Crippen LogP contribution is 2.48. The summed E-state index contributed by atoms with van der Waals surface area (Å²) in [6.07, 6.45) is 0.157. The standard InChI is InChI=1S/C20H22N2O4S2/c1-25-15-8-6-14(7-9-15)12-18(23)21-22-19(24)13-26-17-5-3-2-4-16(17)20-27-10-11-28-20/h2-9,20H,10-13H2,1H3,(H,21,23)(H,22,24). The van der Waals surface area contributed by atoms with Gasteiger partial charge in [-0.1, -0.05) is 30.3 Å². The van der Waals surface area contributed by atoms with Gasteiger partial charge in [0.05, 0.1) is 18.1 Å². The van der Waals surface area contributed by atoms with Crippen molar-refractivity contribution in [2.24, 2.45) is 0 Å². The molecule has 8 heteroatoms. The maximum atomic E-state index is 12.0. The molecular formula is C20H22N2O4S2. The summed E-state index contributed by atoms with van der Waals surface area (Å²) in [4.78, 5) is 24.0. The van der Waals surface area contributed by atoms with E-state index in [0.717, 1.165) is 28.4 Å². The first kappa shape index (κ1) is 20.4. The molecule has 28 heavy (non-hydrogen) atoms. The molecule has 148 valence electrons. The molecule has 0 aliphatic carbocycles. The lowest BCUT2D eigenvalue weighted by molar-refractivity contribution is -0.129. The summed E-state index contributed by atoms with van der Waals surface area (Å²) in [5.41, 5.74) is 6.71. The van der Waals surface area contributed by atoms with E-state index in [4.69, 9.17) is 9.47 Å². The Kier molecular flexibility index (Phi) is 7.50. The molecular weight excluding hydrogens is 396 g/mol. The maximum absolute atomic E-state index is 12.0. The van der Waals surface area contributed by atoms with E-state index in [1.807, 2.05) is 47.8 Å². The average Bonchev–Trinajstić information content (AvgIpc) is 3.26. The molecule has 1 fully saturated rings. The molecule has 1 aliphatic heterocycles. The van der Waals surface area contributed by atoms with Crippen molar-refractivity contribution in [3.8, 4) is 11.5 Å². The SMILES string of the molecule is COc1ccc(CC(=O)NNC(=O)COc2ccccc2C2SCCS2)cc1. The van der Waals surface area contributed by atoms with Crippen LogP contribution < -0.4 is 20.3 Å². The lowest BCUT2D eigenvalue weighted by Crippen LogP contribution is -2.44. The summed E-state index contributed by atoms with van der Waals surface area (Å²) >= 11 is 3.76. The minimum Gasteiger partial charge on any atom is -0.497 e. The van der Waals surface area contributed by atoms with Gasteiger partial charge in [0.25, 0.3) is 5.91 Å². The molecule has 2 N–H and O–H groups in total. The van der Waals surface area contributed by atoms with Gasteiger partial charge in [-0.3, -0.25) is 20.4 Å². The zero-order valence-corrected chi connectivity index (χ0v) is 17.1. The van der Waals surface area contributed by atoms with Gasteiger partial charge in [0.1, 0.15) is 11.5 Å². The Labute approximate surface area is 172 Å². The molecule has 2 aromatic rings. The molecule has 1 heterocycles. The van der Waals surface area contributed by atoms with E-state index < -0.39 is 5.91 Å². The van der Waals surface area contributed by atoms with Crippen LogP contribution in [0.1, 0.15) is 15.7 Å². The largest absolute Gasteiger partial charge is 0.497 e. The molecule has 0 spiro atoms. The summed E-state index contributed by atoms with van der Waals surface area (Å²) in [5, 5.41) is 0. The molecule has 0 bridgehead atoms. The second-order valence-electron chi connectivity index (χ2n) is 6.02. The third-order valence-electron chi connectivity index (χ3n) is 4.02. The normalized spacial score (nSPS) is 13.8. The van der Waals surface area contributed by atoms with E-state index in [1.165, 1.54) is 0 Å². The van der Waals surface area contributed by atoms with Gasteiger partial charge in [-0.05, 0) is 23.8 Å². The van der Waals surface area contributed by atoms with E-state index in [0.29, 0.717) is 10.3 Å². The van der Waals surface area contributed by atoms with Crippen molar-refractivity contribution in [2.45, 2.75) is 11.0 Å². The lowest BCUT2D eigenvalue weighted by Gasteiger charge is -2.15. The Morgan fingerprint density at radius 2 is 1.68 bits per heavy atom. The van der Waals surface area contributed by atoms with Gasteiger partial charge in [-0.25, -0.2) is 0 Å². The fourth-order valence-electron chi connectivity index (χ4n) is 2.64. The molecule has 6 nitrogen and oxygen atoms in total. The highest BCUT2D eigenvalue weighted by Gasteiger charge is 2.21. The van der Waals surface area contributed by atoms with Crippen LogP contribution in [0, 0.1) is 0 Å². The summed E-state index contributed by atoms with van der Waals surface area (Å²) in [5.74, 6) is 2.94. The minimum atomic E-state index is -0.412. The second kappa shape index (κ2) is 10.3. The van der Waals surface area contributed by atoms with Gasteiger partial charge in [0, 0.05) is 17.1 Å². The van der Waals surface area contributed by atoms with E-state index in [1.54, 1.807) is 31.4 Å². The third-order valence-corrected chi connectivity index (χ3v) is 7.09. The van der Waals surface area contributed by atoms with Crippen LogP contribution in [0.4, 0.5) is 0 Å². The molecule has 1 aliphatic rings. The van der Waals surface area contributed by atoms with E-state index in [-0.39, 0.29) is 18.9 Å². The number of nitrogens with one attached hydrogen (secondary N) is 2. The topological polar surface area (TPSA) is 76.7 Å². The molecule has 2 amide bonds. The van der Waals surface area contributed by atoms with Crippen molar-refractivity contribution < 1.29 is 19.1 Å². The van der Waals surface area contributed by atoms with E-state index in [9.17, 15) is 9.59 Å². The Hall–Kier alpha value is -2.32. The molecule has 1 saturated heterocycles. The molecule has 0 saturated carbocycles. The van der Waals surface area contributed by atoms with Crippen molar-refractivity contribution in [2.75, 3.05) is 25.2 Å². The Morgan fingerprint density at radius 1 is 1.00 bits per heavy atom. The second-order valence-corrected chi connectivity index (χ2v) is 8.75. The maximum Gasteiger partial charge on any atom is 0.276 e. The molecule has 0 aromatic heterocycles. The number of hydrogen-bond donors (Lipinski definition) is 2. The minimum absolute atomic E-state index is 0.157. The average molecular weight is 419 g/mol. The Balaban J connectivity index is 1.44. The van der Waals surface area contributed by atoms with Crippen molar-refractivity contribution in [1.82, 2.24) is 10.9 Å². The van der Waals surface area contributed by atoms with Crippen molar-refractivity contribution in [3.05, 3.63) is 59.7 Å². The van der Waals surface area contributed by atoms with Crippen LogP contribution in [-0.4, -0.2) is 37.0 Å². The summed E-state index contributed by atoms with van der Waals surface area (Å²) in [6, 6.07) is 14.9. The number of rotatable bonds is 7. The van der Waals surface area contributed by atoms with Crippen LogP contribution in [-0.2, 0) is 16.0 Å². The molecule has 0 atom stereocenters. The zero-order chi connectivity index (χ0) is 19.8. The predicted octanol–water partition coefficient (Wildman–Crippen LogP) is 2.94. The van der Waals surface area contributed by atoms with Crippen LogP contribution in [0.15, 0.2) is 48.5 Å². The number of carbonyl (C=O) groups excluding carboxylic acids is 2. The highest BCUT2D eigenvalue weighted by molar-refractivity contribution is 8.19. The van der Waals surface area contributed by atoms with Crippen molar-refractivity contribution in [1.29, 1.82) is 0 Å². The highest BCUT2D eigenvalue weighted by atomic mass is 32.2. The number of ether oxygens (including phenoxy) is 2. The number of para-hydroxylation sites is 1. The number of methoxy groups -OCH3 is 1. The van der Waals surface area contributed by atoms with Crippen molar-refractivity contribution >= 4 is 35.3 Å². The summed E-state index contributed by atoms with van der Waals surface area (Å²) in [6.45, 7) is -0.165. The molecule has 0 unspecified atom stereocenters. The fourth-order valence-corrected chi connectivity index (χ4v) is 5.55. The van der Waals surface area contributed by atoms with Crippen molar-refractivity contribution in [3.63, 3.8) is 0 Å². The Bertz CT molecular complexity index is 808. The number of hydrogen-bond acceptors (Lipinski definition) is 6. The van der Waals surface area contributed by atoms with Crippen LogP contribution in [0.3, 0.4) is 0 Å². The predicted molar refractivity (Wildman–Crippen MR) is 113 cm³/mol. The van der Waals surface area contributed by atoms with Crippen LogP contribution in [0.2, 0.25) is 0 Å². The molecule has 0 radical (unpaired) electrons. The zero-order valence-electron chi connectivity index (χ0n) is 15.5. The number of carbonyl (C=O) groups is 2. The third kappa shape index (κ3) is 5.84. The van der Waals surface area contributed by atoms with Gasteiger partial charge in [-0.15, -0.1) is 23.5 Å². The fraction of sp³-hybridized carbons (Fsp3) is 0.300. The number of hydrazine groups is 1. The lowest BCUT2D eigenvalue weighted by atomic mass is 10.1. The number of benzene rings is 2. The monoisotopic (exact) mass is 418 g/mol. The van der Waals surface area contributed by atoms with E-state index in [2.05, 4.69) is 10.9 Å². The first-order chi connectivity index (χ1) is 13.7.